The van der Waals surface area contributed by atoms with E-state index in [0.29, 0.717) is 6.42 Å². The number of hydrogen-bond donors (Lipinski definition) is 1. The van der Waals surface area contributed by atoms with Crippen LogP contribution in [0.1, 0.15) is 19.8 Å². The molecule has 2 N–H and O–H groups in total. The van der Waals surface area contributed by atoms with E-state index in [1.807, 2.05) is 43.3 Å². The van der Waals surface area contributed by atoms with Crippen LogP contribution in [0.5, 0.6) is 5.75 Å². The zero-order valence-electron chi connectivity index (χ0n) is 12.7. The van der Waals surface area contributed by atoms with Gasteiger partial charge >= 0.3 is 5.97 Å². The Morgan fingerprint density at radius 3 is 2.50 bits per heavy atom. The number of carbonyl (C=O) groups is 1. The Hall–Kier alpha value is -1.59. The number of esters is 1. The summed E-state index contributed by atoms with van der Waals surface area (Å²) in [5.41, 5.74) is 5.82. The van der Waals surface area contributed by atoms with Crippen LogP contribution in [0.25, 0.3) is 10.8 Å². The number of carbonyl (C=O) groups excluding carboxylic acids is 1. The maximum absolute atomic E-state index is 11.4. The summed E-state index contributed by atoms with van der Waals surface area (Å²) in [5, 5.41) is 2.24. The van der Waals surface area contributed by atoms with Crippen LogP contribution in [0.3, 0.4) is 0 Å². The van der Waals surface area contributed by atoms with Gasteiger partial charge in [-0.3, -0.25) is 4.79 Å². The van der Waals surface area contributed by atoms with Gasteiger partial charge in [0, 0.05) is 6.42 Å². The molecule has 118 valence electrons. The molecule has 0 aromatic heterocycles. The first-order valence-corrected chi connectivity index (χ1v) is 8.02. The highest BCUT2D eigenvalue weighted by Crippen LogP contribution is 2.31. The summed E-state index contributed by atoms with van der Waals surface area (Å²) in [6, 6.07) is 11.4. The minimum Gasteiger partial charge on any atom is -0.489 e. The molecule has 0 amide bonds. The second-order valence-electron chi connectivity index (χ2n) is 5.14. The average Bonchev–Trinajstić information content (AvgIpc) is 2.53. The fourth-order valence-corrected chi connectivity index (χ4v) is 2.74. The highest BCUT2D eigenvalue weighted by atomic mass is 79.9. The van der Waals surface area contributed by atoms with E-state index in [1.54, 1.807) is 0 Å². The fraction of sp³-hybridized carbons (Fsp3) is 0.353. The Morgan fingerprint density at radius 1 is 1.27 bits per heavy atom. The predicted octanol–water partition coefficient (Wildman–Crippen LogP) is 3.65. The van der Waals surface area contributed by atoms with Gasteiger partial charge in [0.15, 0.2) is 0 Å². The van der Waals surface area contributed by atoms with E-state index in [-0.39, 0.29) is 6.10 Å². The number of rotatable bonds is 6. The van der Waals surface area contributed by atoms with Crippen LogP contribution < -0.4 is 10.5 Å². The zero-order valence-corrected chi connectivity index (χ0v) is 14.3. The van der Waals surface area contributed by atoms with Crippen molar-refractivity contribution in [2.45, 2.75) is 31.9 Å². The Bertz CT molecular complexity index is 659. The second-order valence-corrected chi connectivity index (χ2v) is 6.00. The third kappa shape index (κ3) is 3.99. The summed E-state index contributed by atoms with van der Waals surface area (Å²) < 4.78 is 11.6. The molecule has 5 heteroatoms. The molecule has 4 nitrogen and oxygen atoms in total. The molecule has 22 heavy (non-hydrogen) atoms. The number of fused-ring (bicyclic) bond motifs is 1. The van der Waals surface area contributed by atoms with Gasteiger partial charge in [-0.2, -0.15) is 0 Å². The van der Waals surface area contributed by atoms with E-state index in [2.05, 4.69) is 20.7 Å². The maximum atomic E-state index is 11.4. The van der Waals surface area contributed by atoms with Gasteiger partial charge in [0.05, 0.1) is 11.6 Å². The largest absolute Gasteiger partial charge is 0.489 e. The SMILES string of the molecule is CC[C@@H](C[C@H](N)C(=O)OC)Oc1cc2ccccc2cc1Br. The van der Waals surface area contributed by atoms with Crippen LogP contribution >= 0.6 is 15.9 Å². The molecule has 2 aromatic carbocycles. The highest BCUT2D eigenvalue weighted by Gasteiger charge is 2.21. The van der Waals surface area contributed by atoms with Gasteiger partial charge in [0.1, 0.15) is 17.9 Å². The van der Waals surface area contributed by atoms with Gasteiger partial charge < -0.3 is 15.2 Å². The standard InChI is InChI=1S/C17H20BrNO3/c1-3-13(10-15(19)17(20)21-2)22-16-9-12-7-5-4-6-11(12)8-14(16)18/h4-9,13,15H,3,10,19H2,1-2H3/t13-,15-/m0/s1. The van der Waals surface area contributed by atoms with Gasteiger partial charge in [-0.25, -0.2) is 0 Å². The molecule has 0 unspecified atom stereocenters. The van der Waals surface area contributed by atoms with E-state index in [1.165, 1.54) is 7.11 Å². The van der Waals surface area contributed by atoms with Crippen molar-refractivity contribution in [3.8, 4) is 5.75 Å². The number of ether oxygens (including phenoxy) is 2. The molecule has 0 aliphatic rings. The van der Waals surface area contributed by atoms with Gasteiger partial charge in [0.2, 0.25) is 0 Å². The normalized spacial score (nSPS) is 13.6. The minimum absolute atomic E-state index is 0.147. The first-order valence-electron chi connectivity index (χ1n) is 7.23. The van der Waals surface area contributed by atoms with Crippen LogP contribution in [0.2, 0.25) is 0 Å². The summed E-state index contributed by atoms with van der Waals surface area (Å²) >= 11 is 3.54. The van der Waals surface area contributed by atoms with Crippen molar-refractivity contribution in [3.63, 3.8) is 0 Å². The Kier molecular flexibility index (Phi) is 5.80. The van der Waals surface area contributed by atoms with E-state index < -0.39 is 12.0 Å². The van der Waals surface area contributed by atoms with Crippen molar-refractivity contribution in [2.75, 3.05) is 7.11 Å². The summed E-state index contributed by atoms with van der Waals surface area (Å²) in [6.07, 6.45) is 1.03. The van der Waals surface area contributed by atoms with E-state index in [9.17, 15) is 4.79 Å². The fourth-order valence-electron chi connectivity index (χ4n) is 2.29. The van der Waals surface area contributed by atoms with Gasteiger partial charge in [-0.15, -0.1) is 0 Å². The van der Waals surface area contributed by atoms with Crippen molar-refractivity contribution in [3.05, 3.63) is 40.9 Å². The molecule has 0 aliphatic carbocycles. The minimum atomic E-state index is -0.672. The predicted molar refractivity (Wildman–Crippen MR) is 91.0 cm³/mol. The molecule has 0 spiro atoms. The van der Waals surface area contributed by atoms with Crippen molar-refractivity contribution < 1.29 is 14.3 Å². The van der Waals surface area contributed by atoms with Crippen LogP contribution in [0, 0.1) is 0 Å². The third-order valence-corrected chi connectivity index (χ3v) is 4.19. The van der Waals surface area contributed by atoms with Gasteiger partial charge in [-0.05, 0) is 45.3 Å². The molecule has 0 fully saturated rings. The molecular formula is C17H20BrNO3. The first kappa shape index (κ1) is 16.8. The third-order valence-electron chi connectivity index (χ3n) is 3.57. The van der Waals surface area contributed by atoms with Crippen molar-refractivity contribution in [1.82, 2.24) is 0 Å². The topological polar surface area (TPSA) is 61.6 Å². The molecule has 0 heterocycles. The number of halogens is 1. The molecular weight excluding hydrogens is 346 g/mol. The van der Waals surface area contributed by atoms with Crippen LogP contribution in [-0.2, 0) is 9.53 Å². The summed E-state index contributed by atoms with van der Waals surface area (Å²) in [7, 11) is 1.34. The molecule has 0 bridgehead atoms. The number of benzene rings is 2. The molecule has 0 saturated heterocycles. The smallest absolute Gasteiger partial charge is 0.322 e. The molecule has 2 atom stereocenters. The lowest BCUT2D eigenvalue weighted by molar-refractivity contribution is -0.142. The summed E-state index contributed by atoms with van der Waals surface area (Å²) in [5.74, 6) is 0.335. The average molecular weight is 366 g/mol. The molecule has 0 radical (unpaired) electrons. The molecule has 2 aromatic rings. The molecule has 0 saturated carbocycles. The Labute approximate surface area is 138 Å². The van der Waals surface area contributed by atoms with Crippen molar-refractivity contribution in [2.24, 2.45) is 5.73 Å². The number of methoxy groups -OCH3 is 1. The lowest BCUT2D eigenvalue weighted by Crippen LogP contribution is -2.36. The van der Waals surface area contributed by atoms with E-state index in [4.69, 9.17) is 10.5 Å². The Morgan fingerprint density at radius 2 is 1.91 bits per heavy atom. The lowest BCUT2D eigenvalue weighted by Gasteiger charge is -2.21. The maximum Gasteiger partial charge on any atom is 0.322 e. The van der Waals surface area contributed by atoms with E-state index in [0.717, 1.165) is 27.4 Å². The monoisotopic (exact) mass is 365 g/mol. The quantitative estimate of drug-likeness (QED) is 0.793. The number of nitrogens with two attached hydrogens (primary N) is 1. The summed E-state index contributed by atoms with van der Waals surface area (Å²) in [6.45, 7) is 2.00. The molecule has 0 aliphatic heterocycles. The van der Waals surface area contributed by atoms with Crippen LogP contribution in [0.15, 0.2) is 40.9 Å². The number of hydrogen-bond acceptors (Lipinski definition) is 4. The lowest BCUT2D eigenvalue weighted by atomic mass is 10.1. The Balaban J connectivity index is 2.17. The van der Waals surface area contributed by atoms with Gasteiger partial charge in [-0.1, -0.05) is 31.2 Å². The van der Waals surface area contributed by atoms with Gasteiger partial charge in [0.25, 0.3) is 0 Å². The second kappa shape index (κ2) is 7.61. The summed E-state index contributed by atoms with van der Waals surface area (Å²) in [4.78, 5) is 11.4. The highest BCUT2D eigenvalue weighted by molar-refractivity contribution is 9.10. The van der Waals surface area contributed by atoms with Crippen molar-refractivity contribution >= 4 is 32.7 Å². The van der Waals surface area contributed by atoms with E-state index >= 15 is 0 Å². The first-order chi connectivity index (χ1) is 10.5. The zero-order chi connectivity index (χ0) is 16.1. The molecule has 2 rings (SSSR count). The van der Waals surface area contributed by atoms with Crippen molar-refractivity contribution in [1.29, 1.82) is 0 Å². The van der Waals surface area contributed by atoms with Crippen LogP contribution in [0.4, 0.5) is 0 Å². The van der Waals surface area contributed by atoms with Crippen LogP contribution in [-0.4, -0.2) is 25.2 Å².